The molecule has 5 rings (SSSR count). The van der Waals surface area contributed by atoms with Crippen molar-refractivity contribution in [2.24, 2.45) is 0 Å². The predicted molar refractivity (Wildman–Crippen MR) is 188 cm³/mol. The number of nitrogens with one attached hydrogen (secondary N) is 2. The second-order valence-electron chi connectivity index (χ2n) is 15.4. The van der Waals surface area contributed by atoms with Crippen LogP contribution in [0.4, 0.5) is 0 Å². The van der Waals surface area contributed by atoms with Crippen LogP contribution in [-0.2, 0) is 52.2 Å². The number of hydrogen-bond acceptors (Lipinski definition) is 25. The number of ether oxygens (including phenoxy) is 9. The molecule has 0 saturated carbocycles. The van der Waals surface area contributed by atoms with Gasteiger partial charge in [-0.25, -0.2) is 0 Å². The smallest absolute Gasteiger partial charge is 0.217 e. The number of carbonyl (C=O) groups excluding carboxylic acids is 2. The Labute approximate surface area is 346 Å². The van der Waals surface area contributed by atoms with E-state index in [0.717, 1.165) is 13.8 Å². The molecule has 61 heavy (non-hydrogen) atoms. The van der Waals surface area contributed by atoms with Crippen LogP contribution in [0.1, 0.15) is 20.8 Å². The van der Waals surface area contributed by atoms with Crippen LogP contribution in [0.25, 0.3) is 0 Å². The molecule has 354 valence electrons. The van der Waals surface area contributed by atoms with Gasteiger partial charge in [0.05, 0.1) is 32.5 Å². The Balaban J connectivity index is 1.39. The molecule has 0 aromatic rings. The van der Waals surface area contributed by atoms with Crippen molar-refractivity contribution in [1.29, 1.82) is 0 Å². The Kier molecular flexibility index (Phi) is 17.5. The van der Waals surface area contributed by atoms with Crippen LogP contribution in [0, 0.1) is 0 Å². The summed E-state index contributed by atoms with van der Waals surface area (Å²) in [4.78, 5) is 24.7. The van der Waals surface area contributed by atoms with E-state index in [1.807, 2.05) is 0 Å². The molecule has 2 amide bonds. The van der Waals surface area contributed by atoms with Crippen LogP contribution < -0.4 is 10.6 Å². The lowest BCUT2D eigenvalue weighted by molar-refractivity contribution is -0.382. The Morgan fingerprint density at radius 1 is 0.459 bits per heavy atom. The standard InChI is InChI=1S/C34H58N2O25/c1-8-17(42)22(47)25(50)32(54-8)61-29-24(49)19(44)12(5-38)58-34(29)60-28-16(36-10(3)41)31(56-13(6-39)20(28)45)53-7-14-21(46)27(15(30(52)55-14)35-9(2)40)59-33-26(51)23(48)18(43)11(4-37)57-33/h8,11-34,37-39,42-52H,4-7H2,1-3H3,(H,35,40)(H,36,41)/t8-,11+,12+,13+,14+,15+,16+,17+,18-,19-,20+,21-,22+,23-,24-,25-,26+,27+,28+,29+,30-,31+,32-,33-,34-/m0/s1. The molecule has 0 radical (unpaired) electrons. The largest absolute Gasteiger partial charge is 0.394 e. The fourth-order valence-electron chi connectivity index (χ4n) is 7.65. The molecule has 5 aliphatic rings. The average Bonchev–Trinajstić information content (AvgIpc) is 3.21. The van der Waals surface area contributed by atoms with Crippen LogP contribution in [0.3, 0.4) is 0 Å². The highest BCUT2D eigenvalue weighted by molar-refractivity contribution is 5.73. The summed E-state index contributed by atoms with van der Waals surface area (Å²) >= 11 is 0. The van der Waals surface area contributed by atoms with Crippen LogP contribution >= 0.6 is 0 Å². The van der Waals surface area contributed by atoms with E-state index in [4.69, 9.17) is 42.6 Å². The fraction of sp³-hybridized carbons (Fsp3) is 0.941. The minimum absolute atomic E-state index is 0.735. The van der Waals surface area contributed by atoms with Gasteiger partial charge in [0.25, 0.3) is 0 Å². The highest BCUT2D eigenvalue weighted by Gasteiger charge is 2.56. The van der Waals surface area contributed by atoms with Gasteiger partial charge in [0.15, 0.2) is 31.5 Å². The first-order chi connectivity index (χ1) is 28.7. The topological polar surface area (TPSA) is 424 Å². The molecule has 0 unspecified atom stereocenters. The van der Waals surface area contributed by atoms with E-state index >= 15 is 0 Å². The average molecular weight is 895 g/mol. The molecule has 5 aliphatic heterocycles. The van der Waals surface area contributed by atoms with Crippen molar-refractivity contribution in [3.05, 3.63) is 0 Å². The summed E-state index contributed by atoms with van der Waals surface area (Å²) in [6.45, 7) is 0.0210. The van der Waals surface area contributed by atoms with E-state index in [1.54, 1.807) is 0 Å². The number of amides is 2. The number of aliphatic hydroxyl groups is 14. The third-order valence-corrected chi connectivity index (χ3v) is 11.1. The van der Waals surface area contributed by atoms with Gasteiger partial charge < -0.3 is 125 Å². The summed E-state index contributed by atoms with van der Waals surface area (Å²) in [5.41, 5.74) is 0. The lowest BCUT2D eigenvalue weighted by Crippen LogP contribution is -2.69. The van der Waals surface area contributed by atoms with Crippen molar-refractivity contribution in [2.75, 3.05) is 26.4 Å². The molecule has 0 bridgehead atoms. The van der Waals surface area contributed by atoms with Crippen molar-refractivity contribution in [3.63, 3.8) is 0 Å². The van der Waals surface area contributed by atoms with Crippen LogP contribution in [0.5, 0.6) is 0 Å². The SMILES string of the molecule is CC(=O)N[C@@H]1[C@@H](O[C@@H]2O[C@H](CO)[C@H](O)[C@H](O)[C@H]2O)[C@@H](O)[C@@H](CO[C@@H]2O[C@H](CO)[C@@H](O)[C@H](O[C@@H]3O[C@H](CO)[C@H](O)[C@H](O)[C@H]3O[C@@H]3O[C@@H](C)[C@@H](O)[C@@H](O)[C@@H]3O)[C@H]2NC(C)=O)O[C@@H]1O. The van der Waals surface area contributed by atoms with Gasteiger partial charge in [-0.3, -0.25) is 9.59 Å². The molecule has 5 fully saturated rings. The third-order valence-electron chi connectivity index (χ3n) is 11.1. The zero-order valence-electron chi connectivity index (χ0n) is 33.0. The maximum atomic E-state index is 12.6. The van der Waals surface area contributed by atoms with Crippen LogP contribution in [-0.4, -0.2) is 263 Å². The van der Waals surface area contributed by atoms with E-state index in [2.05, 4.69) is 10.6 Å². The van der Waals surface area contributed by atoms with Crippen molar-refractivity contribution >= 4 is 11.8 Å². The summed E-state index contributed by atoms with van der Waals surface area (Å²) in [6, 6.07) is -3.18. The normalized spacial score (nSPS) is 49.6. The molecule has 5 heterocycles. The molecule has 0 aliphatic carbocycles. The summed E-state index contributed by atoms with van der Waals surface area (Å²) in [5, 5.41) is 152. The van der Waals surface area contributed by atoms with Crippen molar-refractivity contribution < 1.29 is 124 Å². The lowest BCUT2D eigenvalue weighted by Gasteiger charge is -2.49. The maximum absolute atomic E-state index is 12.6. The molecule has 0 spiro atoms. The molecule has 27 nitrogen and oxygen atoms in total. The van der Waals surface area contributed by atoms with Crippen LogP contribution in [0.15, 0.2) is 0 Å². The molecule has 0 aromatic carbocycles. The van der Waals surface area contributed by atoms with Gasteiger partial charge >= 0.3 is 0 Å². The van der Waals surface area contributed by atoms with Gasteiger partial charge in [-0.2, -0.15) is 0 Å². The summed E-state index contributed by atoms with van der Waals surface area (Å²) in [5.74, 6) is -1.51. The van der Waals surface area contributed by atoms with Crippen molar-refractivity contribution in [3.8, 4) is 0 Å². The monoisotopic (exact) mass is 894 g/mol. The molecule has 0 aromatic heterocycles. The van der Waals surface area contributed by atoms with E-state index in [-0.39, 0.29) is 0 Å². The van der Waals surface area contributed by atoms with Gasteiger partial charge in [-0.05, 0) is 6.92 Å². The number of carbonyl (C=O) groups is 2. The second-order valence-corrected chi connectivity index (χ2v) is 15.4. The summed E-state index contributed by atoms with van der Waals surface area (Å²) < 4.78 is 51.3. The Morgan fingerprint density at radius 3 is 1.46 bits per heavy atom. The van der Waals surface area contributed by atoms with E-state index in [9.17, 15) is 81.1 Å². The Bertz CT molecular complexity index is 1420. The Morgan fingerprint density at radius 2 is 0.885 bits per heavy atom. The van der Waals surface area contributed by atoms with Crippen molar-refractivity contribution in [1.82, 2.24) is 10.6 Å². The van der Waals surface area contributed by atoms with Gasteiger partial charge in [0.1, 0.15) is 116 Å². The first-order valence-corrected chi connectivity index (χ1v) is 19.4. The third kappa shape index (κ3) is 10.9. The molecular formula is C34H58N2O25. The van der Waals surface area contributed by atoms with E-state index in [1.165, 1.54) is 6.92 Å². The molecule has 5 saturated heterocycles. The zero-order chi connectivity index (χ0) is 45.2. The van der Waals surface area contributed by atoms with Gasteiger partial charge in [-0.15, -0.1) is 0 Å². The summed E-state index contributed by atoms with van der Waals surface area (Å²) in [7, 11) is 0. The van der Waals surface area contributed by atoms with Gasteiger partial charge in [0.2, 0.25) is 11.8 Å². The molecule has 27 heteroatoms. The minimum Gasteiger partial charge on any atom is -0.394 e. The first-order valence-electron chi connectivity index (χ1n) is 19.4. The quantitative estimate of drug-likeness (QED) is 0.0770. The maximum Gasteiger partial charge on any atom is 0.217 e. The second kappa shape index (κ2) is 21.3. The molecular weight excluding hydrogens is 836 g/mol. The first kappa shape index (κ1) is 50.0. The number of rotatable bonds is 14. The molecule has 16 N–H and O–H groups in total. The van der Waals surface area contributed by atoms with Crippen LogP contribution in [0.2, 0.25) is 0 Å². The zero-order valence-corrected chi connectivity index (χ0v) is 33.0. The summed E-state index contributed by atoms with van der Waals surface area (Å²) in [6.07, 6.45) is -40.5. The van der Waals surface area contributed by atoms with Crippen molar-refractivity contribution in [2.45, 2.75) is 174 Å². The molecule has 25 atom stereocenters. The fourth-order valence-corrected chi connectivity index (χ4v) is 7.65. The number of hydrogen-bond donors (Lipinski definition) is 16. The number of aliphatic hydroxyl groups excluding tert-OH is 14. The predicted octanol–water partition coefficient (Wildman–Crippen LogP) is -10.6. The highest BCUT2D eigenvalue weighted by Crippen LogP contribution is 2.35. The van der Waals surface area contributed by atoms with Gasteiger partial charge in [0, 0.05) is 13.8 Å². The van der Waals surface area contributed by atoms with E-state index < -0.39 is 192 Å². The van der Waals surface area contributed by atoms with E-state index in [0.29, 0.717) is 0 Å². The Hall–Kier alpha value is -1.98. The highest BCUT2D eigenvalue weighted by atomic mass is 16.8. The van der Waals surface area contributed by atoms with Gasteiger partial charge in [-0.1, -0.05) is 0 Å². The lowest BCUT2D eigenvalue weighted by atomic mass is 9.94. The minimum atomic E-state index is -1.99.